The number of fused-ring (bicyclic) bond motifs is 1. The van der Waals surface area contributed by atoms with Crippen molar-refractivity contribution in [3.8, 4) is 22.8 Å². The molecule has 2 aliphatic rings. The van der Waals surface area contributed by atoms with Crippen LogP contribution < -0.4 is 4.74 Å². The Balaban J connectivity index is 1.50. The van der Waals surface area contributed by atoms with E-state index in [4.69, 9.17) is 19.6 Å². The lowest BCUT2D eigenvalue weighted by molar-refractivity contribution is 0.0749. The first kappa shape index (κ1) is 25.8. The van der Waals surface area contributed by atoms with E-state index in [2.05, 4.69) is 58.4 Å². The summed E-state index contributed by atoms with van der Waals surface area (Å²) in [5.41, 5.74) is 7.69. The molecular formula is C29H40N6O2. The highest BCUT2D eigenvalue weighted by Gasteiger charge is 2.27. The first-order valence-corrected chi connectivity index (χ1v) is 13.6. The third kappa shape index (κ3) is 5.28. The lowest BCUT2D eigenvalue weighted by Crippen LogP contribution is -2.49. The van der Waals surface area contributed by atoms with E-state index in [9.17, 15) is 0 Å². The van der Waals surface area contributed by atoms with Crippen molar-refractivity contribution in [1.82, 2.24) is 29.5 Å². The number of nitrogens with zero attached hydrogens (tertiary/aromatic N) is 6. The van der Waals surface area contributed by atoms with Crippen LogP contribution in [-0.2, 0) is 17.6 Å². The van der Waals surface area contributed by atoms with Crippen molar-refractivity contribution in [1.29, 1.82) is 0 Å². The summed E-state index contributed by atoms with van der Waals surface area (Å²) in [5.74, 6) is 0.643. The lowest BCUT2D eigenvalue weighted by Gasteiger charge is -2.40. The highest BCUT2D eigenvalue weighted by atomic mass is 16.5. The number of ether oxygens (including phenoxy) is 2. The predicted octanol–water partition coefficient (Wildman–Crippen LogP) is 4.24. The van der Waals surface area contributed by atoms with Crippen LogP contribution in [0.15, 0.2) is 30.6 Å². The molecule has 37 heavy (non-hydrogen) atoms. The second kappa shape index (κ2) is 11.3. The Morgan fingerprint density at radius 2 is 1.78 bits per heavy atom. The second-order valence-electron chi connectivity index (χ2n) is 10.4. The molecule has 0 saturated carbocycles. The number of hydrogen-bond acceptors (Lipinski definition) is 7. The van der Waals surface area contributed by atoms with E-state index < -0.39 is 0 Å². The Kier molecular flexibility index (Phi) is 7.88. The fraction of sp³-hybridized carbons (Fsp3) is 0.552. The highest BCUT2D eigenvalue weighted by Crippen LogP contribution is 2.33. The Morgan fingerprint density at radius 1 is 1.03 bits per heavy atom. The van der Waals surface area contributed by atoms with Gasteiger partial charge in [0.15, 0.2) is 0 Å². The van der Waals surface area contributed by atoms with Crippen molar-refractivity contribution in [2.45, 2.75) is 59.0 Å². The molecular weight excluding hydrogens is 464 g/mol. The standard InChI is InChI=1S/C29H40N6O2/c1-6-26(34-13-11-33(12-14-34)20(2)3)25-18-22(7-10-30-25)28-24-8-15-37-16-9-27(24)35(32-28)23-17-21(4)29(36-5)31-19-23/h7,10,17-20,26H,6,8-9,11-16H2,1-5H3. The van der Waals surface area contributed by atoms with E-state index in [-0.39, 0.29) is 0 Å². The lowest BCUT2D eigenvalue weighted by atomic mass is 10.00. The van der Waals surface area contributed by atoms with Gasteiger partial charge in [-0.3, -0.25) is 14.8 Å². The van der Waals surface area contributed by atoms with Crippen LogP contribution in [0.2, 0.25) is 0 Å². The summed E-state index contributed by atoms with van der Waals surface area (Å²) in [5, 5.41) is 5.17. The maximum atomic E-state index is 5.86. The second-order valence-corrected chi connectivity index (χ2v) is 10.4. The molecule has 3 aromatic heterocycles. The summed E-state index contributed by atoms with van der Waals surface area (Å²) in [6.07, 6.45) is 6.50. The van der Waals surface area contributed by atoms with Crippen LogP contribution in [0.5, 0.6) is 5.88 Å². The largest absolute Gasteiger partial charge is 0.481 e. The zero-order valence-electron chi connectivity index (χ0n) is 22.9. The summed E-state index contributed by atoms with van der Waals surface area (Å²) >= 11 is 0. The molecule has 5 rings (SSSR count). The van der Waals surface area contributed by atoms with Crippen LogP contribution >= 0.6 is 0 Å². The Bertz CT molecular complexity index is 1220. The van der Waals surface area contributed by atoms with Crippen LogP contribution in [-0.4, -0.2) is 82.1 Å². The smallest absolute Gasteiger partial charge is 0.216 e. The molecule has 0 amide bonds. The fourth-order valence-electron chi connectivity index (χ4n) is 5.77. The van der Waals surface area contributed by atoms with E-state index >= 15 is 0 Å². The normalized spacial score (nSPS) is 18.0. The molecule has 0 aliphatic carbocycles. The van der Waals surface area contributed by atoms with Gasteiger partial charge >= 0.3 is 0 Å². The zero-order valence-corrected chi connectivity index (χ0v) is 22.9. The van der Waals surface area contributed by atoms with Crippen LogP contribution in [0.3, 0.4) is 0 Å². The highest BCUT2D eigenvalue weighted by molar-refractivity contribution is 5.65. The summed E-state index contributed by atoms with van der Waals surface area (Å²) in [4.78, 5) is 14.5. The van der Waals surface area contributed by atoms with Gasteiger partial charge in [-0.15, -0.1) is 0 Å². The molecule has 1 saturated heterocycles. The molecule has 8 heteroatoms. The Labute approximate surface area is 220 Å². The number of piperazine rings is 1. The van der Waals surface area contributed by atoms with Crippen molar-refractivity contribution < 1.29 is 9.47 Å². The van der Waals surface area contributed by atoms with Gasteiger partial charge in [0.25, 0.3) is 0 Å². The maximum Gasteiger partial charge on any atom is 0.216 e. The topological polar surface area (TPSA) is 68.5 Å². The number of hydrogen-bond donors (Lipinski definition) is 0. The SMILES string of the molecule is CCC(c1cc(-c2nn(-c3cnc(OC)c(C)c3)c3c2CCOCC3)ccn1)N1CCN(C(C)C)CC1. The Hall–Kier alpha value is -2.81. The van der Waals surface area contributed by atoms with Crippen molar-refractivity contribution in [3.05, 3.63) is 53.1 Å². The van der Waals surface area contributed by atoms with Gasteiger partial charge in [0.1, 0.15) is 0 Å². The fourth-order valence-corrected chi connectivity index (χ4v) is 5.77. The minimum Gasteiger partial charge on any atom is -0.481 e. The molecule has 8 nitrogen and oxygen atoms in total. The zero-order chi connectivity index (χ0) is 25.9. The van der Waals surface area contributed by atoms with Gasteiger partial charge in [0, 0.05) is 61.5 Å². The van der Waals surface area contributed by atoms with Gasteiger partial charge in [0.05, 0.1) is 55.3 Å². The molecule has 1 fully saturated rings. The van der Waals surface area contributed by atoms with Crippen LogP contribution in [0.1, 0.15) is 55.7 Å². The van der Waals surface area contributed by atoms with E-state index in [1.54, 1.807) is 7.11 Å². The number of methoxy groups -OCH3 is 1. The monoisotopic (exact) mass is 504 g/mol. The van der Waals surface area contributed by atoms with Gasteiger partial charge in [-0.2, -0.15) is 5.10 Å². The summed E-state index contributed by atoms with van der Waals surface area (Å²) in [7, 11) is 1.65. The van der Waals surface area contributed by atoms with E-state index in [0.717, 1.165) is 73.6 Å². The average Bonchev–Trinajstić information content (AvgIpc) is 3.10. The van der Waals surface area contributed by atoms with Gasteiger partial charge in [-0.25, -0.2) is 9.67 Å². The first-order valence-electron chi connectivity index (χ1n) is 13.6. The van der Waals surface area contributed by atoms with Crippen LogP contribution in [0.25, 0.3) is 16.9 Å². The minimum absolute atomic E-state index is 0.312. The molecule has 198 valence electrons. The minimum atomic E-state index is 0.312. The third-order valence-electron chi connectivity index (χ3n) is 7.83. The number of pyridine rings is 2. The van der Waals surface area contributed by atoms with Gasteiger partial charge in [-0.1, -0.05) is 6.92 Å². The molecule has 0 radical (unpaired) electrons. The van der Waals surface area contributed by atoms with Crippen LogP contribution in [0.4, 0.5) is 0 Å². The maximum absolute atomic E-state index is 5.86. The number of aromatic nitrogens is 4. The molecule has 0 bridgehead atoms. The van der Waals surface area contributed by atoms with E-state index in [0.29, 0.717) is 31.2 Å². The third-order valence-corrected chi connectivity index (χ3v) is 7.83. The molecule has 3 aromatic rings. The number of aryl methyl sites for hydroxylation is 1. The van der Waals surface area contributed by atoms with Crippen molar-refractivity contribution in [3.63, 3.8) is 0 Å². The van der Waals surface area contributed by atoms with Crippen LogP contribution in [0, 0.1) is 6.92 Å². The quantitative estimate of drug-likeness (QED) is 0.477. The van der Waals surface area contributed by atoms with Gasteiger partial charge in [-0.05, 0) is 51.8 Å². The molecule has 0 N–H and O–H groups in total. The summed E-state index contributed by atoms with van der Waals surface area (Å²) in [6.45, 7) is 14.6. The molecule has 1 atom stereocenters. The summed E-state index contributed by atoms with van der Waals surface area (Å²) < 4.78 is 13.3. The van der Waals surface area contributed by atoms with Gasteiger partial charge in [0.2, 0.25) is 5.88 Å². The molecule has 0 spiro atoms. The van der Waals surface area contributed by atoms with Gasteiger partial charge < -0.3 is 9.47 Å². The van der Waals surface area contributed by atoms with E-state index in [1.807, 2.05) is 19.3 Å². The number of rotatable bonds is 7. The van der Waals surface area contributed by atoms with Crippen molar-refractivity contribution in [2.75, 3.05) is 46.5 Å². The molecule has 0 aromatic carbocycles. The summed E-state index contributed by atoms with van der Waals surface area (Å²) in [6, 6.07) is 7.37. The van der Waals surface area contributed by atoms with E-state index in [1.165, 1.54) is 11.3 Å². The average molecular weight is 505 g/mol. The van der Waals surface area contributed by atoms with Crippen molar-refractivity contribution in [2.24, 2.45) is 0 Å². The first-order chi connectivity index (χ1) is 18.0. The Morgan fingerprint density at radius 3 is 2.49 bits per heavy atom. The molecule has 5 heterocycles. The molecule has 1 unspecified atom stereocenters. The van der Waals surface area contributed by atoms with Crippen molar-refractivity contribution >= 4 is 0 Å². The molecule has 2 aliphatic heterocycles. The predicted molar refractivity (Wildman–Crippen MR) is 145 cm³/mol.